The largest absolute Gasteiger partial charge is 0.491 e. The summed E-state index contributed by atoms with van der Waals surface area (Å²) in [6.45, 7) is 5.71. The first-order valence-electron chi connectivity index (χ1n) is 10.1. The standard InChI is InChI=1S/C23H24N2O6S/c1-5-30-22(28)16-8-11-18-19(12-16)32-23(25(18)13-20(26)29-4)24-21(27)15-6-9-17(10-7-15)31-14(2)3/h6-12,14H,5,13H2,1-4H3. The molecule has 0 saturated heterocycles. The number of carbonyl (C=O) groups is 3. The van der Waals surface area contributed by atoms with Crippen molar-refractivity contribution in [3.63, 3.8) is 0 Å². The number of carbonyl (C=O) groups excluding carboxylic acids is 3. The molecule has 32 heavy (non-hydrogen) atoms. The van der Waals surface area contributed by atoms with Gasteiger partial charge in [0, 0.05) is 5.56 Å². The number of rotatable bonds is 7. The Balaban J connectivity index is 2.03. The highest BCUT2D eigenvalue weighted by atomic mass is 32.1. The zero-order valence-electron chi connectivity index (χ0n) is 18.3. The summed E-state index contributed by atoms with van der Waals surface area (Å²) in [4.78, 5) is 41.4. The van der Waals surface area contributed by atoms with Gasteiger partial charge in [-0.3, -0.25) is 9.59 Å². The summed E-state index contributed by atoms with van der Waals surface area (Å²) in [6, 6.07) is 11.7. The van der Waals surface area contributed by atoms with E-state index in [2.05, 4.69) is 4.99 Å². The van der Waals surface area contributed by atoms with Crippen LogP contribution in [0, 0.1) is 0 Å². The molecule has 0 aliphatic heterocycles. The van der Waals surface area contributed by atoms with Crippen LogP contribution in [0.25, 0.3) is 10.2 Å². The van der Waals surface area contributed by atoms with Gasteiger partial charge in [-0.2, -0.15) is 4.99 Å². The van der Waals surface area contributed by atoms with Crippen LogP contribution < -0.4 is 9.54 Å². The second-order valence-corrected chi connectivity index (χ2v) is 8.07. The summed E-state index contributed by atoms with van der Waals surface area (Å²) in [6.07, 6.45) is 0.0246. The minimum absolute atomic E-state index is 0.0246. The fraction of sp³-hybridized carbons (Fsp3) is 0.304. The molecule has 168 valence electrons. The number of nitrogens with zero attached hydrogens (tertiary/aromatic N) is 2. The van der Waals surface area contributed by atoms with Gasteiger partial charge in [-0.15, -0.1) is 0 Å². The Morgan fingerprint density at radius 3 is 2.38 bits per heavy atom. The summed E-state index contributed by atoms with van der Waals surface area (Å²) in [5.74, 6) is -0.730. The van der Waals surface area contributed by atoms with Crippen LogP contribution in [0.4, 0.5) is 0 Å². The zero-order chi connectivity index (χ0) is 23.3. The van der Waals surface area contributed by atoms with Crippen molar-refractivity contribution in [3.8, 4) is 5.75 Å². The lowest BCUT2D eigenvalue weighted by molar-refractivity contribution is -0.141. The molecule has 0 aliphatic carbocycles. The number of benzene rings is 2. The molecule has 0 spiro atoms. The molecule has 8 nitrogen and oxygen atoms in total. The number of aromatic nitrogens is 1. The van der Waals surface area contributed by atoms with Gasteiger partial charge in [0.05, 0.1) is 35.6 Å². The summed E-state index contributed by atoms with van der Waals surface area (Å²) in [5, 5.41) is 0. The molecule has 0 saturated carbocycles. The van der Waals surface area contributed by atoms with E-state index in [1.54, 1.807) is 54.0 Å². The Bertz CT molecular complexity index is 1210. The smallest absolute Gasteiger partial charge is 0.338 e. The van der Waals surface area contributed by atoms with E-state index in [9.17, 15) is 14.4 Å². The third-order valence-corrected chi connectivity index (χ3v) is 5.42. The van der Waals surface area contributed by atoms with Crippen molar-refractivity contribution in [3.05, 3.63) is 58.4 Å². The van der Waals surface area contributed by atoms with Gasteiger partial charge in [0.1, 0.15) is 12.3 Å². The highest BCUT2D eigenvalue weighted by Crippen LogP contribution is 2.21. The van der Waals surface area contributed by atoms with Crippen LogP contribution in [-0.4, -0.2) is 42.2 Å². The van der Waals surface area contributed by atoms with E-state index in [-0.39, 0.29) is 19.3 Å². The normalized spacial score (nSPS) is 11.6. The SMILES string of the molecule is CCOC(=O)c1ccc2c(c1)sc(=NC(=O)c1ccc(OC(C)C)cc1)n2CC(=O)OC. The molecule has 0 fully saturated rings. The van der Waals surface area contributed by atoms with Gasteiger partial charge < -0.3 is 18.8 Å². The van der Waals surface area contributed by atoms with E-state index < -0.39 is 17.8 Å². The summed E-state index contributed by atoms with van der Waals surface area (Å²) in [7, 11) is 1.29. The molecular formula is C23H24N2O6S. The minimum Gasteiger partial charge on any atom is -0.491 e. The van der Waals surface area contributed by atoms with Gasteiger partial charge in [-0.1, -0.05) is 11.3 Å². The fourth-order valence-corrected chi connectivity index (χ4v) is 4.01. The molecule has 0 N–H and O–H groups in total. The third-order valence-electron chi connectivity index (χ3n) is 4.38. The highest BCUT2D eigenvalue weighted by Gasteiger charge is 2.15. The number of hydrogen-bond donors (Lipinski definition) is 0. The molecule has 0 unspecified atom stereocenters. The van der Waals surface area contributed by atoms with Crippen LogP contribution in [0.2, 0.25) is 0 Å². The average molecular weight is 457 g/mol. The monoisotopic (exact) mass is 456 g/mol. The number of ether oxygens (including phenoxy) is 3. The Hall–Kier alpha value is -3.46. The van der Waals surface area contributed by atoms with Gasteiger partial charge >= 0.3 is 11.9 Å². The number of amides is 1. The third kappa shape index (κ3) is 5.42. The number of thiazole rings is 1. The van der Waals surface area contributed by atoms with Crippen LogP contribution in [0.1, 0.15) is 41.5 Å². The first kappa shape index (κ1) is 23.2. The van der Waals surface area contributed by atoms with E-state index in [1.807, 2.05) is 13.8 Å². The first-order chi connectivity index (χ1) is 15.3. The molecule has 3 rings (SSSR count). The summed E-state index contributed by atoms with van der Waals surface area (Å²) < 4.78 is 17.7. The first-order valence-corrected chi connectivity index (χ1v) is 10.9. The lowest BCUT2D eigenvalue weighted by atomic mass is 10.2. The van der Waals surface area contributed by atoms with Gasteiger partial charge in [0.25, 0.3) is 5.91 Å². The van der Waals surface area contributed by atoms with Gasteiger partial charge in [0.15, 0.2) is 4.80 Å². The molecule has 0 aliphatic rings. The average Bonchev–Trinajstić information content (AvgIpc) is 3.09. The number of esters is 2. The zero-order valence-corrected chi connectivity index (χ0v) is 19.1. The minimum atomic E-state index is -0.483. The Labute approximate surface area is 189 Å². The van der Waals surface area contributed by atoms with Crippen LogP contribution in [0.15, 0.2) is 47.5 Å². The van der Waals surface area contributed by atoms with E-state index >= 15 is 0 Å². The van der Waals surface area contributed by atoms with E-state index in [0.29, 0.717) is 31.9 Å². The number of hydrogen-bond acceptors (Lipinski definition) is 7. The number of fused-ring (bicyclic) bond motifs is 1. The molecule has 1 heterocycles. The Morgan fingerprint density at radius 1 is 1.06 bits per heavy atom. The maximum Gasteiger partial charge on any atom is 0.338 e. The van der Waals surface area contributed by atoms with Gasteiger partial charge in [-0.25, -0.2) is 4.79 Å². The quantitative estimate of drug-likeness (QED) is 0.504. The maximum atomic E-state index is 12.8. The summed E-state index contributed by atoms with van der Waals surface area (Å²) >= 11 is 1.20. The van der Waals surface area contributed by atoms with Crippen molar-refractivity contribution < 1.29 is 28.6 Å². The second-order valence-electron chi connectivity index (χ2n) is 7.06. The van der Waals surface area contributed by atoms with E-state index in [0.717, 1.165) is 0 Å². The Kier molecular flexibility index (Phi) is 7.42. The molecule has 0 radical (unpaired) electrons. The molecule has 9 heteroatoms. The topological polar surface area (TPSA) is 96.2 Å². The molecule has 1 aromatic heterocycles. The van der Waals surface area contributed by atoms with Crippen LogP contribution in [-0.2, 0) is 20.8 Å². The molecule has 0 bridgehead atoms. The second kappa shape index (κ2) is 10.2. The Morgan fingerprint density at radius 2 is 1.75 bits per heavy atom. The molecule has 2 aromatic carbocycles. The highest BCUT2D eigenvalue weighted by molar-refractivity contribution is 7.16. The van der Waals surface area contributed by atoms with Crippen LogP contribution in [0.5, 0.6) is 5.75 Å². The van der Waals surface area contributed by atoms with Gasteiger partial charge in [-0.05, 0) is 63.2 Å². The van der Waals surface area contributed by atoms with Crippen molar-refractivity contribution in [1.29, 1.82) is 0 Å². The van der Waals surface area contributed by atoms with E-state index in [1.165, 1.54) is 18.4 Å². The number of methoxy groups -OCH3 is 1. The lowest BCUT2D eigenvalue weighted by Crippen LogP contribution is -2.22. The van der Waals surface area contributed by atoms with Crippen molar-refractivity contribution in [1.82, 2.24) is 4.57 Å². The van der Waals surface area contributed by atoms with Crippen molar-refractivity contribution in [2.45, 2.75) is 33.4 Å². The molecular weight excluding hydrogens is 432 g/mol. The van der Waals surface area contributed by atoms with Crippen molar-refractivity contribution in [2.24, 2.45) is 4.99 Å². The van der Waals surface area contributed by atoms with Crippen molar-refractivity contribution in [2.75, 3.05) is 13.7 Å². The van der Waals surface area contributed by atoms with Crippen LogP contribution in [0.3, 0.4) is 0 Å². The lowest BCUT2D eigenvalue weighted by Gasteiger charge is -2.09. The molecule has 1 amide bonds. The summed E-state index contributed by atoms with van der Waals surface area (Å²) in [5.41, 5.74) is 1.42. The van der Waals surface area contributed by atoms with Gasteiger partial charge in [0.2, 0.25) is 0 Å². The predicted octanol–water partition coefficient (Wildman–Crippen LogP) is 3.58. The van der Waals surface area contributed by atoms with E-state index in [4.69, 9.17) is 14.2 Å². The van der Waals surface area contributed by atoms with Crippen molar-refractivity contribution >= 4 is 39.4 Å². The fourth-order valence-electron chi connectivity index (χ4n) is 2.95. The molecule has 3 aromatic rings. The predicted molar refractivity (Wildman–Crippen MR) is 120 cm³/mol. The maximum absolute atomic E-state index is 12.8. The van der Waals surface area contributed by atoms with Crippen LogP contribution >= 0.6 is 11.3 Å². The molecule has 0 atom stereocenters.